The lowest BCUT2D eigenvalue weighted by atomic mass is 9.86. The Hall–Kier alpha value is -2.08. The first-order valence-electron chi connectivity index (χ1n) is 8.75. The van der Waals surface area contributed by atoms with Crippen LogP contribution in [0, 0.1) is 11.8 Å². The van der Waals surface area contributed by atoms with Crippen LogP contribution >= 0.6 is 0 Å². The minimum atomic E-state index is 0.747. The lowest BCUT2D eigenvalue weighted by Gasteiger charge is -2.18. The molecule has 0 N–H and O–H groups in total. The standard InChI is InChI=1S/C23H24/c1-3-4-5-20-15-22(12-16(20)2)18-8-10-19(11-9-18)23-14-17-6-7-21(23)13-17/h3-12,17,21,23H,2,13-15H2,1H3. The fourth-order valence-electron chi connectivity index (χ4n) is 4.34. The van der Waals surface area contributed by atoms with Crippen LogP contribution in [0.4, 0.5) is 0 Å². The molecule has 0 amide bonds. The summed E-state index contributed by atoms with van der Waals surface area (Å²) in [6.07, 6.45) is 17.2. The van der Waals surface area contributed by atoms with E-state index in [1.807, 2.05) is 6.92 Å². The molecule has 3 atom stereocenters. The maximum Gasteiger partial charge on any atom is -0.00139 e. The number of hydrogen-bond donors (Lipinski definition) is 0. The van der Waals surface area contributed by atoms with Crippen molar-refractivity contribution in [1.82, 2.24) is 0 Å². The molecule has 23 heavy (non-hydrogen) atoms. The van der Waals surface area contributed by atoms with E-state index in [9.17, 15) is 0 Å². The predicted octanol–water partition coefficient (Wildman–Crippen LogP) is 6.21. The van der Waals surface area contributed by atoms with E-state index in [-0.39, 0.29) is 0 Å². The highest BCUT2D eigenvalue weighted by Gasteiger charge is 2.36. The van der Waals surface area contributed by atoms with Gasteiger partial charge in [-0.3, -0.25) is 0 Å². The van der Waals surface area contributed by atoms with Gasteiger partial charge in [0.25, 0.3) is 0 Å². The smallest absolute Gasteiger partial charge is 0.00139 e. The summed E-state index contributed by atoms with van der Waals surface area (Å²) in [5.41, 5.74) is 6.75. The van der Waals surface area contributed by atoms with E-state index >= 15 is 0 Å². The van der Waals surface area contributed by atoms with Crippen LogP contribution in [-0.2, 0) is 0 Å². The van der Waals surface area contributed by atoms with Crippen LogP contribution < -0.4 is 0 Å². The minimum absolute atomic E-state index is 0.747. The lowest BCUT2D eigenvalue weighted by Crippen LogP contribution is -2.04. The molecule has 1 aromatic carbocycles. The number of rotatable bonds is 3. The van der Waals surface area contributed by atoms with Crippen molar-refractivity contribution in [3.05, 3.63) is 89.6 Å². The molecule has 0 spiro atoms. The zero-order valence-corrected chi connectivity index (χ0v) is 13.8. The molecule has 1 saturated carbocycles. The molecule has 0 heterocycles. The first-order chi connectivity index (χ1) is 11.2. The third kappa shape index (κ3) is 2.67. The Bertz CT molecular complexity index is 737. The topological polar surface area (TPSA) is 0 Å². The highest BCUT2D eigenvalue weighted by molar-refractivity contribution is 5.77. The number of allylic oxidation sites excluding steroid dienone is 9. The molecule has 1 fully saturated rings. The van der Waals surface area contributed by atoms with Crippen LogP contribution in [0.2, 0.25) is 0 Å². The average Bonchev–Trinajstić information content (AvgIpc) is 3.29. The van der Waals surface area contributed by atoms with Crippen LogP contribution in [0.1, 0.15) is 43.2 Å². The molecule has 0 aromatic heterocycles. The highest BCUT2D eigenvalue weighted by atomic mass is 14.4. The van der Waals surface area contributed by atoms with Crippen molar-refractivity contribution in [2.75, 3.05) is 0 Å². The van der Waals surface area contributed by atoms with Crippen molar-refractivity contribution in [1.29, 1.82) is 0 Å². The summed E-state index contributed by atoms with van der Waals surface area (Å²) in [5, 5.41) is 0. The van der Waals surface area contributed by atoms with Gasteiger partial charge in [0.15, 0.2) is 0 Å². The first-order valence-corrected chi connectivity index (χ1v) is 8.75. The van der Waals surface area contributed by atoms with Gasteiger partial charge >= 0.3 is 0 Å². The van der Waals surface area contributed by atoms with Crippen LogP contribution in [-0.4, -0.2) is 0 Å². The maximum atomic E-state index is 4.18. The fourth-order valence-corrected chi connectivity index (χ4v) is 4.34. The SMILES string of the molecule is C=C1C=C(c2ccc(C3CC4C=CC3C4)cc2)CC1=CC=CC. The largest absolute Gasteiger partial charge is 0.0915 e. The van der Waals surface area contributed by atoms with Gasteiger partial charge in [-0.05, 0) is 71.8 Å². The number of hydrogen-bond acceptors (Lipinski definition) is 0. The Kier molecular flexibility index (Phi) is 3.69. The van der Waals surface area contributed by atoms with Gasteiger partial charge in [-0.2, -0.15) is 0 Å². The lowest BCUT2D eigenvalue weighted by molar-refractivity contribution is 0.585. The summed E-state index contributed by atoms with van der Waals surface area (Å²) in [6, 6.07) is 9.32. The molecule has 116 valence electrons. The molecule has 0 radical (unpaired) electrons. The summed E-state index contributed by atoms with van der Waals surface area (Å²) in [5.74, 6) is 2.37. The molecular weight excluding hydrogens is 276 g/mol. The Labute approximate surface area is 139 Å². The molecule has 0 heteroatoms. The highest BCUT2D eigenvalue weighted by Crippen LogP contribution is 2.48. The quantitative estimate of drug-likeness (QED) is 0.582. The third-order valence-electron chi connectivity index (χ3n) is 5.62. The zero-order chi connectivity index (χ0) is 15.8. The van der Waals surface area contributed by atoms with Crippen molar-refractivity contribution in [3.8, 4) is 0 Å². The molecule has 3 aliphatic carbocycles. The maximum absolute atomic E-state index is 4.18. The Morgan fingerprint density at radius 3 is 2.57 bits per heavy atom. The Morgan fingerprint density at radius 2 is 1.91 bits per heavy atom. The van der Waals surface area contributed by atoms with E-state index in [1.165, 1.54) is 35.1 Å². The monoisotopic (exact) mass is 300 g/mol. The summed E-state index contributed by atoms with van der Waals surface area (Å²) in [4.78, 5) is 0. The van der Waals surface area contributed by atoms with Crippen LogP contribution in [0.15, 0.2) is 78.4 Å². The second-order valence-electron chi connectivity index (χ2n) is 7.10. The van der Waals surface area contributed by atoms with Crippen molar-refractivity contribution in [3.63, 3.8) is 0 Å². The van der Waals surface area contributed by atoms with Crippen molar-refractivity contribution in [2.45, 2.75) is 32.1 Å². The van der Waals surface area contributed by atoms with Gasteiger partial charge < -0.3 is 0 Å². The predicted molar refractivity (Wildman–Crippen MR) is 99.2 cm³/mol. The van der Waals surface area contributed by atoms with Crippen molar-refractivity contribution in [2.24, 2.45) is 11.8 Å². The van der Waals surface area contributed by atoms with Gasteiger partial charge in [0.05, 0.1) is 0 Å². The van der Waals surface area contributed by atoms with E-state index in [1.54, 1.807) is 0 Å². The summed E-state index contributed by atoms with van der Waals surface area (Å²) in [6.45, 7) is 6.23. The molecule has 2 bridgehead atoms. The molecule has 1 aromatic rings. The third-order valence-corrected chi connectivity index (χ3v) is 5.62. The number of benzene rings is 1. The summed E-state index contributed by atoms with van der Waals surface area (Å²) in [7, 11) is 0. The van der Waals surface area contributed by atoms with Gasteiger partial charge in [-0.15, -0.1) is 0 Å². The number of fused-ring (bicyclic) bond motifs is 2. The summed E-state index contributed by atoms with van der Waals surface area (Å²) < 4.78 is 0. The molecule has 0 saturated heterocycles. The zero-order valence-electron chi connectivity index (χ0n) is 13.8. The van der Waals surface area contributed by atoms with Crippen LogP contribution in [0.5, 0.6) is 0 Å². The van der Waals surface area contributed by atoms with Gasteiger partial charge in [0.2, 0.25) is 0 Å². The van der Waals surface area contributed by atoms with E-state index in [2.05, 4.69) is 67.3 Å². The van der Waals surface area contributed by atoms with E-state index in [0.717, 1.165) is 29.7 Å². The van der Waals surface area contributed by atoms with Crippen molar-refractivity contribution < 1.29 is 0 Å². The molecular formula is C23H24. The molecule has 4 rings (SSSR count). The van der Waals surface area contributed by atoms with E-state index in [0.29, 0.717) is 0 Å². The van der Waals surface area contributed by atoms with Gasteiger partial charge in [-0.1, -0.05) is 67.3 Å². The second kappa shape index (κ2) is 5.85. The van der Waals surface area contributed by atoms with Gasteiger partial charge in [-0.25, -0.2) is 0 Å². The molecule has 3 unspecified atom stereocenters. The van der Waals surface area contributed by atoms with Crippen LogP contribution in [0.25, 0.3) is 5.57 Å². The Morgan fingerprint density at radius 1 is 1.09 bits per heavy atom. The fraction of sp³-hybridized carbons (Fsp3) is 0.304. The van der Waals surface area contributed by atoms with Crippen LogP contribution in [0.3, 0.4) is 0 Å². The molecule has 0 aliphatic heterocycles. The summed E-state index contributed by atoms with van der Waals surface area (Å²) >= 11 is 0. The van der Waals surface area contributed by atoms with Gasteiger partial charge in [0.1, 0.15) is 0 Å². The second-order valence-corrected chi connectivity index (χ2v) is 7.10. The van der Waals surface area contributed by atoms with E-state index in [4.69, 9.17) is 0 Å². The average molecular weight is 300 g/mol. The normalized spacial score (nSPS) is 30.8. The minimum Gasteiger partial charge on any atom is -0.0915 e. The molecule has 0 nitrogen and oxygen atoms in total. The first kappa shape index (κ1) is 14.5. The Balaban J connectivity index is 1.52. The van der Waals surface area contributed by atoms with E-state index < -0.39 is 0 Å². The van der Waals surface area contributed by atoms with Crippen molar-refractivity contribution >= 4 is 5.57 Å². The molecule has 3 aliphatic rings. The van der Waals surface area contributed by atoms with Gasteiger partial charge in [0, 0.05) is 0 Å².